The summed E-state index contributed by atoms with van der Waals surface area (Å²) in [7, 11) is 4.71. The monoisotopic (exact) mass is 365 g/mol. The maximum absolute atomic E-state index is 10.7. The number of carbonyl (C=O) groups is 1. The fourth-order valence-electron chi connectivity index (χ4n) is 2.23. The van der Waals surface area contributed by atoms with Gasteiger partial charge < -0.3 is 31.7 Å². The van der Waals surface area contributed by atoms with Crippen LogP contribution in [0, 0.1) is 0 Å². The first-order chi connectivity index (χ1) is 11.6. The smallest absolute Gasteiger partial charge is 0.370 e. The van der Waals surface area contributed by atoms with Gasteiger partial charge in [-0.05, 0) is 23.3 Å². The lowest BCUT2D eigenvalue weighted by Crippen LogP contribution is -3.00. The highest BCUT2D eigenvalue weighted by Crippen LogP contribution is 2.38. The van der Waals surface area contributed by atoms with Gasteiger partial charge in [0.1, 0.15) is 0 Å². The lowest BCUT2D eigenvalue weighted by atomic mass is 10.1. The zero-order valence-corrected chi connectivity index (χ0v) is 15.0. The summed E-state index contributed by atoms with van der Waals surface area (Å²) in [6, 6.07) is 7.39. The first-order valence-corrected chi connectivity index (χ1v) is 7.26. The van der Waals surface area contributed by atoms with Crippen LogP contribution < -0.4 is 31.2 Å². The molecule has 6 nitrogen and oxygen atoms in total. The van der Waals surface area contributed by atoms with E-state index in [1.807, 2.05) is 36.4 Å². The van der Waals surface area contributed by atoms with Crippen LogP contribution in [0.25, 0.3) is 12.2 Å². The molecule has 134 valence electrons. The molecule has 0 unspecified atom stereocenters. The van der Waals surface area contributed by atoms with E-state index < -0.39 is 5.97 Å². The molecule has 0 saturated carbocycles. The lowest BCUT2D eigenvalue weighted by Gasteiger charge is -2.12. The average molecular weight is 366 g/mol. The first-order valence-electron chi connectivity index (χ1n) is 7.26. The number of aliphatic carboxylic acids is 1. The number of benzene rings is 1. The molecule has 1 N–H and O–H groups in total. The fourth-order valence-corrected chi connectivity index (χ4v) is 2.23. The highest BCUT2D eigenvalue weighted by atomic mass is 35.5. The van der Waals surface area contributed by atoms with E-state index in [2.05, 4.69) is 0 Å². The second-order valence-corrected chi connectivity index (χ2v) is 4.99. The van der Waals surface area contributed by atoms with Crippen LogP contribution in [0.3, 0.4) is 0 Å². The van der Waals surface area contributed by atoms with Crippen LogP contribution in [0.5, 0.6) is 17.2 Å². The van der Waals surface area contributed by atoms with Gasteiger partial charge in [-0.25, -0.2) is 4.79 Å². The van der Waals surface area contributed by atoms with Gasteiger partial charge in [-0.1, -0.05) is 12.2 Å². The minimum Gasteiger partial charge on any atom is -1.00 e. The number of carboxylic acid groups (broad SMARTS) is 1. The van der Waals surface area contributed by atoms with Crippen LogP contribution in [0.4, 0.5) is 0 Å². The van der Waals surface area contributed by atoms with Crippen LogP contribution in [-0.4, -0.2) is 32.4 Å². The zero-order chi connectivity index (χ0) is 17.5. The van der Waals surface area contributed by atoms with Crippen LogP contribution in [-0.2, 0) is 11.3 Å². The van der Waals surface area contributed by atoms with E-state index in [0.29, 0.717) is 17.2 Å². The molecule has 1 aromatic carbocycles. The van der Waals surface area contributed by atoms with E-state index in [1.165, 1.54) is 0 Å². The number of rotatable bonds is 7. The normalized spacial score (nSPS) is 10.2. The summed E-state index contributed by atoms with van der Waals surface area (Å²) in [6.45, 7) is -0.0587. The Balaban J connectivity index is 0.00000312. The molecule has 0 aliphatic rings. The molecule has 0 aliphatic heterocycles. The number of hydrogen-bond acceptors (Lipinski definition) is 4. The summed E-state index contributed by atoms with van der Waals surface area (Å²) in [5, 5.41) is 8.76. The number of ether oxygens (including phenoxy) is 3. The minimum atomic E-state index is -0.874. The Labute approximate surface area is 152 Å². The SMILES string of the molecule is COc1cc(/C=C\c2cc[n+](CC(=O)O)cc2)cc(OC)c1OC.[Cl-]. The largest absolute Gasteiger partial charge is 1.00 e. The van der Waals surface area contributed by atoms with Gasteiger partial charge in [0.25, 0.3) is 0 Å². The molecule has 1 heterocycles. The van der Waals surface area contributed by atoms with Crippen molar-refractivity contribution in [2.45, 2.75) is 6.54 Å². The summed E-state index contributed by atoms with van der Waals surface area (Å²) >= 11 is 0. The van der Waals surface area contributed by atoms with Crippen LogP contribution in [0.2, 0.25) is 0 Å². The Bertz CT molecular complexity index is 719. The van der Waals surface area contributed by atoms with Gasteiger partial charge in [0.2, 0.25) is 12.3 Å². The van der Waals surface area contributed by atoms with Crippen molar-refractivity contribution in [1.29, 1.82) is 0 Å². The summed E-state index contributed by atoms with van der Waals surface area (Å²) in [6.07, 6.45) is 7.29. The van der Waals surface area contributed by atoms with E-state index in [1.54, 1.807) is 38.3 Å². The van der Waals surface area contributed by atoms with Gasteiger partial charge in [0.15, 0.2) is 23.9 Å². The Morgan fingerprint density at radius 1 is 1.00 bits per heavy atom. The molecule has 0 spiro atoms. The predicted octanol–water partition coefficient (Wildman–Crippen LogP) is -0.741. The highest BCUT2D eigenvalue weighted by Gasteiger charge is 2.12. The zero-order valence-electron chi connectivity index (χ0n) is 14.2. The molecule has 0 atom stereocenters. The van der Waals surface area contributed by atoms with Crippen molar-refractivity contribution in [3.63, 3.8) is 0 Å². The molecule has 1 aromatic heterocycles. The predicted molar refractivity (Wildman–Crippen MR) is 89.3 cm³/mol. The van der Waals surface area contributed by atoms with Gasteiger partial charge >= 0.3 is 5.97 Å². The third kappa shape index (κ3) is 5.39. The van der Waals surface area contributed by atoms with Crippen molar-refractivity contribution >= 4 is 18.1 Å². The Hall–Kier alpha value is -2.73. The highest BCUT2D eigenvalue weighted by molar-refractivity contribution is 5.72. The van der Waals surface area contributed by atoms with Crippen LogP contribution in [0.1, 0.15) is 11.1 Å². The second kappa shape index (κ2) is 9.54. The second-order valence-electron chi connectivity index (χ2n) is 4.99. The summed E-state index contributed by atoms with van der Waals surface area (Å²) in [4.78, 5) is 10.7. The molecule has 0 aliphatic carbocycles. The lowest BCUT2D eigenvalue weighted by molar-refractivity contribution is -0.685. The molecular formula is C18H20ClNO5. The van der Waals surface area contributed by atoms with E-state index in [4.69, 9.17) is 19.3 Å². The number of hydrogen-bond donors (Lipinski definition) is 1. The van der Waals surface area contributed by atoms with Crippen molar-refractivity contribution < 1.29 is 41.1 Å². The van der Waals surface area contributed by atoms with E-state index in [0.717, 1.165) is 11.1 Å². The third-order valence-electron chi connectivity index (χ3n) is 3.39. The summed E-state index contributed by atoms with van der Waals surface area (Å²) < 4.78 is 17.5. The minimum absolute atomic E-state index is 0. The fraction of sp³-hybridized carbons (Fsp3) is 0.222. The average Bonchev–Trinajstić information content (AvgIpc) is 2.59. The summed E-state index contributed by atoms with van der Waals surface area (Å²) in [5.74, 6) is 0.847. The van der Waals surface area contributed by atoms with Crippen molar-refractivity contribution in [2.75, 3.05) is 21.3 Å². The van der Waals surface area contributed by atoms with E-state index in [-0.39, 0.29) is 19.0 Å². The van der Waals surface area contributed by atoms with Gasteiger partial charge in [0, 0.05) is 12.1 Å². The van der Waals surface area contributed by atoms with Gasteiger partial charge in [-0.15, -0.1) is 0 Å². The molecule has 2 rings (SSSR count). The van der Waals surface area contributed by atoms with Crippen molar-refractivity contribution in [3.8, 4) is 17.2 Å². The van der Waals surface area contributed by atoms with E-state index in [9.17, 15) is 4.79 Å². The Morgan fingerprint density at radius 2 is 1.52 bits per heavy atom. The maximum Gasteiger partial charge on any atom is 0.370 e. The standard InChI is InChI=1S/C18H19NO5.ClH/c1-22-15-10-14(11-16(23-2)18(15)24-3)5-4-13-6-8-19(9-7-13)12-17(20)21;/h4-11H,12H2,1-3H3;1H/b5-4-;. The molecular weight excluding hydrogens is 346 g/mol. The first kappa shape index (κ1) is 20.3. The number of aromatic nitrogens is 1. The molecule has 25 heavy (non-hydrogen) atoms. The topological polar surface area (TPSA) is 68.9 Å². The molecule has 0 radical (unpaired) electrons. The summed E-state index contributed by atoms with van der Waals surface area (Å²) in [5.41, 5.74) is 1.84. The Morgan fingerprint density at radius 3 is 1.96 bits per heavy atom. The van der Waals surface area contributed by atoms with Gasteiger partial charge in [-0.3, -0.25) is 0 Å². The number of methoxy groups -OCH3 is 3. The van der Waals surface area contributed by atoms with Crippen LogP contribution in [0.15, 0.2) is 36.7 Å². The number of pyridine rings is 1. The molecule has 2 aromatic rings. The van der Waals surface area contributed by atoms with Crippen molar-refractivity contribution in [3.05, 3.63) is 47.8 Å². The van der Waals surface area contributed by atoms with Gasteiger partial charge in [-0.2, -0.15) is 4.57 Å². The van der Waals surface area contributed by atoms with E-state index >= 15 is 0 Å². The van der Waals surface area contributed by atoms with Crippen LogP contribution >= 0.6 is 0 Å². The quantitative estimate of drug-likeness (QED) is 0.655. The Kier molecular flexibility index (Phi) is 7.75. The molecule has 7 heteroatoms. The van der Waals surface area contributed by atoms with Gasteiger partial charge in [0.05, 0.1) is 21.3 Å². The molecule has 0 bridgehead atoms. The van der Waals surface area contributed by atoms with Crippen molar-refractivity contribution in [1.82, 2.24) is 0 Å². The van der Waals surface area contributed by atoms with Crippen molar-refractivity contribution in [2.24, 2.45) is 0 Å². The molecule has 0 amide bonds. The number of nitrogens with zero attached hydrogens (tertiary/aromatic N) is 1. The molecule has 0 saturated heterocycles. The number of halogens is 1. The maximum atomic E-state index is 10.7. The number of carboxylic acids is 1. The molecule has 0 fully saturated rings. The third-order valence-corrected chi connectivity index (χ3v) is 3.39.